The molecule has 1 aliphatic carbocycles. The molecule has 1 heterocycles. The third-order valence-corrected chi connectivity index (χ3v) is 4.91. The van der Waals surface area contributed by atoms with Crippen LogP contribution in [-0.2, 0) is 4.79 Å². The molecule has 0 radical (unpaired) electrons. The van der Waals surface area contributed by atoms with Crippen molar-refractivity contribution in [1.29, 1.82) is 0 Å². The fourth-order valence-corrected chi connectivity index (χ4v) is 3.47. The minimum absolute atomic E-state index is 0.103. The van der Waals surface area contributed by atoms with Crippen molar-refractivity contribution in [2.45, 2.75) is 31.7 Å². The lowest BCUT2D eigenvalue weighted by molar-refractivity contribution is -0.120. The molecule has 148 valence electrons. The van der Waals surface area contributed by atoms with E-state index in [1.807, 2.05) is 0 Å². The van der Waals surface area contributed by atoms with Crippen molar-refractivity contribution in [2.75, 3.05) is 12.4 Å². The zero-order chi connectivity index (χ0) is 20.1. The zero-order valence-electron chi connectivity index (χ0n) is 15.4. The van der Waals surface area contributed by atoms with E-state index in [-0.39, 0.29) is 17.9 Å². The molecule has 28 heavy (non-hydrogen) atoms. The molecule has 3 N–H and O–H groups in total. The van der Waals surface area contributed by atoms with Crippen LogP contribution in [-0.4, -0.2) is 35.2 Å². The summed E-state index contributed by atoms with van der Waals surface area (Å²) in [4.78, 5) is 27.4. The highest BCUT2D eigenvalue weighted by Gasteiger charge is 2.27. The number of halogens is 1. The molecule has 0 atom stereocenters. The summed E-state index contributed by atoms with van der Waals surface area (Å²) in [5.41, 5.74) is 1.44. The van der Waals surface area contributed by atoms with Gasteiger partial charge in [0.1, 0.15) is 17.4 Å². The van der Waals surface area contributed by atoms with E-state index in [1.54, 1.807) is 24.4 Å². The highest BCUT2D eigenvalue weighted by atomic mass is 19.1. The molecule has 0 saturated heterocycles. The monoisotopic (exact) mass is 387 g/mol. The van der Waals surface area contributed by atoms with E-state index in [0.717, 1.165) is 5.56 Å². The second-order valence-electron chi connectivity index (χ2n) is 6.76. The molecule has 1 aromatic carbocycles. The van der Waals surface area contributed by atoms with E-state index < -0.39 is 11.9 Å². The van der Waals surface area contributed by atoms with Crippen molar-refractivity contribution in [2.24, 2.45) is 5.92 Å². The van der Waals surface area contributed by atoms with Gasteiger partial charge in [0.05, 0.1) is 7.11 Å². The lowest BCUT2D eigenvalue weighted by Gasteiger charge is -2.27. The van der Waals surface area contributed by atoms with Crippen LogP contribution >= 0.6 is 0 Å². The van der Waals surface area contributed by atoms with Crippen LogP contribution in [0.15, 0.2) is 36.5 Å². The van der Waals surface area contributed by atoms with Crippen LogP contribution in [0.4, 0.5) is 15.0 Å². The van der Waals surface area contributed by atoms with Crippen molar-refractivity contribution in [3.05, 3.63) is 42.3 Å². The van der Waals surface area contributed by atoms with Crippen molar-refractivity contribution < 1.29 is 23.8 Å². The Hall–Kier alpha value is -3.16. The number of rotatable bonds is 5. The van der Waals surface area contributed by atoms with Gasteiger partial charge in [-0.05, 0) is 55.5 Å². The number of ether oxygens (including phenoxy) is 1. The minimum atomic E-state index is -1.04. The average molecular weight is 387 g/mol. The molecule has 0 bridgehead atoms. The van der Waals surface area contributed by atoms with E-state index in [4.69, 9.17) is 9.84 Å². The van der Waals surface area contributed by atoms with Gasteiger partial charge >= 0.3 is 6.09 Å². The van der Waals surface area contributed by atoms with Crippen LogP contribution in [0.3, 0.4) is 0 Å². The SMILES string of the molecule is COc1cc(F)ccc1-c1ccnc(NC(=O)C2CCC(NC(=O)O)CC2)c1. The number of hydrogen-bond donors (Lipinski definition) is 3. The molecule has 0 spiro atoms. The molecule has 1 fully saturated rings. The summed E-state index contributed by atoms with van der Waals surface area (Å²) < 4.78 is 18.7. The lowest BCUT2D eigenvalue weighted by atomic mass is 9.85. The lowest BCUT2D eigenvalue weighted by Crippen LogP contribution is -2.38. The maximum atomic E-state index is 13.4. The number of amides is 2. The van der Waals surface area contributed by atoms with Crippen LogP contribution in [0, 0.1) is 11.7 Å². The molecule has 3 rings (SSSR count). The molecule has 0 aliphatic heterocycles. The number of pyridine rings is 1. The average Bonchev–Trinajstić information content (AvgIpc) is 2.68. The van der Waals surface area contributed by atoms with Gasteiger partial charge in [-0.15, -0.1) is 0 Å². The predicted molar refractivity (Wildman–Crippen MR) is 102 cm³/mol. The summed E-state index contributed by atoms with van der Waals surface area (Å²) in [5.74, 6) is 0.0886. The quantitative estimate of drug-likeness (QED) is 0.727. The standard InChI is InChI=1S/C20H22FN3O4/c1-28-17-11-14(21)4-7-16(17)13-8-9-22-18(10-13)24-19(25)12-2-5-15(6-3-12)23-20(26)27/h4,7-12,15,23H,2-3,5-6H2,1H3,(H,26,27)(H,22,24,25). The van der Waals surface area contributed by atoms with Crippen LogP contribution < -0.4 is 15.4 Å². The Morgan fingerprint density at radius 2 is 1.93 bits per heavy atom. The van der Waals surface area contributed by atoms with Gasteiger partial charge in [0.2, 0.25) is 5.91 Å². The molecule has 0 unspecified atom stereocenters. The Bertz CT molecular complexity index is 866. The van der Waals surface area contributed by atoms with Gasteiger partial charge < -0.3 is 20.5 Å². The Kier molecular flexibility index (Phi) is 6.08. The Morgan fingerprint density at radius 1 is 1.18 bits per heavy atom. The second-order valence-corrected chi connectivity index (χ2v) is 6.76. The minimum Gasteiger partial charge on any atom is -0.496 e. The third kappa shape index (κ3) is 4.76. The number of aromatic nitrogens is 1. The van der Waals surface area contributed by atoms with Gasteiger partial charge in [-0.1, -0.05) is 0 Å². The molecule has 1 aromatic heterocycles. The molecule has 8 heteroatoms. The Labute approximate surface area is 161 Å². The molecular formula is C20H22FN3O4. The number of benzene rings is 1. The number of hydrogen-bond acceptors (Lipinski definition) is 4. The summed E-state index contributed by atoms with van der Waals surface area (Å²) in [6.07, 6.45) is 3.02. The van der Waals surface area contributed by atoms with Crippen LogP contribution in [0.1, 0.15) is 25.7 Å². The summed E-state index contributed by atoms with van der Waals surface area (Å²) in [6.45, 7) is 0. The van der Waals surface area contributed by atoms with Crippen molar-refractivity contribution >= 4 is 17.8 Å². The van der Waals surface area contributed by atoms with E-state index in [2.05, 4.69) is 15.6 Å². The number of anilines is 1. The molecule has 1 aliphatic rings. The molecule has 1 saturated carbocycles. The van der Waals surface area contributed by atoms with Crippen LogP contribution in [0.2, 0.25) is 0 Å². The number of nitrogens with zero attached hydrogens (tertiary/aromatic N) is 1. The van der Waals surface area contributed by atoms with Gasteiger partial charge in [-0.3, -0.25) is 4.79 Å². The number of carbonyl (C=O) groups is 2. The number of nitrogens with one attached hydrogen (secondary N) is 2. The fraction of sp³-hybridized carbons (Fsp3) is 0.350. The normalized spacial score (nSPS) is 18.9. The smallest absolute Gasteiger partial charge is 0.404 e. The van der Waals surface area contributed by atoms with Crippen LogP contribution in [0.25, 0.3) is 11.1 Å². The van der Waals surface area contributed by atoms with Crippen molar-refractivity contribution in [1.82, 2.24) is 10.3 Å². The molecule has 7 nitrogen and oxygen atoms in total. The third-order valence-electron chi connectivity index (χ3n) is 4.91. The van der Waals surface area contributed by atoms with Gasteiger partial charge in [-0.25, -0.2) is 14.2 Å². The number of methoxy groups -OCH3 is 1. The van der Waals surface area contributed by atoms with Crippen LogP contribution in [0.5, 0.6) is 5.75 Å². The first kappa shape index (κ1) is 19.6. The van der Waals surface area contributed by atoms with E-state index in [0.29, 0.717) is 42.8 Å². The first-order valence-electron chi connectivity index (χ1n) is 9.06. The number of carbonyl (C=O) groups excluding carboxylic acids is 1. The Morgan fingerprint density at radius 3 is 2.61 bits per heavy atom. The Balaban J connectivity index is 1.67. The fourth-order valence-electron chi connectivity index (χ4n) is 3.47. The van der Waals surface area contributed by atoms with E-state index >= 15 is 0 Å². The largest absolute Gasteiger partial charge is 0.496 e. The van der Waals surface area contributed by atoms with E-state index in [1.165, 1.54) is 19.2 Å². The van der Waals surface area contributed by atoms with Gasteiger partial charge in [-0.2, -0.15) is 0 Å². The molecular weight excluding hydrogens is 365 g/mol. The first-order chi connectivity index (χ1) is 13.5. The van der Waals surface area contributed by atoms with Crippen molar-refractivity contribution in [3.8, 4) is 16.9 Å². The maximum Gasteiger partial charge on any atom is 0.404 e. The maximum absolute atomic E-state index is 13.4. The topological polar surface area (TPSA) is 101 Å². The highest BCUT2D eigenvalue weighted by molar-refractivity contribution is 5.92. The van der Waals surface area contributed by atoms with Gasteiger partial charge in [0.15, 0.2) is 0 Å². The van der Waals surface area contributed by atoms with E-state index in [9.17, 15) is 14.0 Å². The summed E-state index contributed by atoms with van der Waals surface area (Å²) >= 11 is 0. The highest BCUT2D eigenvalue weighted by Crippen LogP contribution is 2.32. The predicted octanol–water partition coefficient (Wildman–Crippen LogP) is 3.66. The summed E-state index contributed by atoms with van der Waals surface area (Å²) in [5, 5.41) is 14.1. The molecule has 2 amide bonds. The second kappa shape index (κ2) is 8.69. The van der Waals surface area contributed by atoms with Crippen molar-refractivity contribution in [3.63, 3.8) is 0 Å². The first-order valence-corrected chi connectivity index (χ1v) is 9.06. The summed E-state index contributed by atoms with van der Waals surface area (Å²) in [6, 6.07) is 7.64. The molecule has 2 aromatic rings. The number of carboxylic acid groups (broad SMARTS) is 1. The van der Waals surface area contributed by atoms with Gasteiger partial charge in [0.25, 0.3) is 0 Å². The zero-order valence-corrected chi connectivity index (χ0v) is 15.4. The summed E-state index contributed by atoms with van der Waals surface area (Å²) in [7, 11) is 1.47. The van der Waals surface area contributed by atoms with Gasteiger partial charge in [0, 0.05) is 29.8 Å².